The molecule has 0 spiro atoms. The molecule has 1 unspecified atom stereocenters. The molecule has 0 aliphatic heterocycles. The quantitative estimate of drug-likeness (QED) is 0.823. The maximum atomic E-state index is 11.9. The summed E-state index contributed by atoms with van der Waals surface area (Å²) in [7, 11) is 1.51. The number of para-hydroxylation sites is 2. The highest BCUT2D eigenvalue weighted by Gasteiger charge is 2.13. The Labute approximate surface area is 136 Å². The van der Waals surface area contributed by atoms with Crippen LogP contribution in [0.4, 0.5) is 0 Å². The second-order valence-electron chi connectivity index (χ2n) is 5.25. The fourth-order valence-electron chi connectivity index (χ4n) is 2.11. The van der Waals surface area contributed by atoms with E-state index in [2.05, 4.69) is 5.32 Å². The van der Waals surface area contributed by atoms with Gasteiger partial charge in [-0.05, 0) is 24.6 Å². The van der Waals surface area contributed by atoms with Gasteiger partial charge in [0.2, 0.25) is 5.91 Å². The molecule has 5 nitrogen and oxygen atoms in total. The van der Waals surface area contributed by atoms with Gasteiger partial charge in [-0.2, -0.15) is 0 Å². The summed E-state index contributed by atoms with van der Waals surface area (Å²) < 4.78 is 10.9. The predicted octanol–water partition coefficient (Wildman–Crippen LogP) is 2.38. The number of carbonyl (C=O) groups excluding carboxylic acids is 1. The van der Waals surface area contributed by atoms with E-state index in [0.717, 1.165) is 16.9 Å². The first-order chi connectivity index (χ1) is 11.1. The van der Waals surface area contributed by atoms with Crippen LogP contribution >= 0.6 is 0 Å². The molecule has 0 saturated carbocycles. The zero-order chi connectivity index (χ0) is 16.7. The molecule has 0 heterocycles. The lowest BCUT2D eigenvalue weighted by Gasteiger charge is -2.15. The monoisotopic (exact) mass is 314 g/mol. The van der Waals surface area contributed by atoms with Gasteiger partial charge in [-0.15, -0.1) is 0 Å². The number of carbonyl (C=O) groups is 1. The van der Waals surface area contributed by atoms with Crippen molar-refractivity contribution in [1.29, 1.82) is 0 Å². The molecule has 1 amide bonds. The summed E-state index contributed by atoms with van der Waals surface area (Å²) in [6.07, 6.45) is 0. The number of rotatable bonds is 7. The molecule has 0 saturated heterocycles. The van der Waals surface area contributed by atoms with Crippen LogP contribution in [0.3, 0.4) is 0 Å². The number of amides is 1. The van der Waals surface area contributed by atoms with Gasteiger partial charge in [0, 0.05) is 19.2 Å². The summed E-state index contributed by atoms with van der Waals surface area (Å²) in [6.45, 7) is 2.52. The van der Waals surface area contributed by atoms with Crippen LogP contribution in [0.1, 0.15) is 11.1 Å². The van der Waals surface area contributed by atoms with Crippen LogP contribution in [-0.2, 0) is 16.1 Å². The second kappa shape index (κ2) is 8.31. The molecular weight excluding hydrogens is 292 g/mol. The van der Waals surface area contributed by atoms with Gasteiger partial charge in [0.15, 0.2) is 0 Å². The Morgan fingerprint density at radius 3 is 2.48 bits per heavy atom. The number of benzene rings is 2. The molecule has 122 valence electrons. The maximum absolute atomic E-state index is 11.9. The molecule has 0 fully saturated rings. The van der Waals surface area contributed by atoms with E-state index in [1.54, 1.807) is 0 Å². The molecule has 0 aliphatic carbocycles. The highest BCUT2D eigenvalue weighted by Crippen LogP contribution is 2.27. The standard InChI is InChI=1S/C18H22N2O3/c1-13-7-3-5-9-16(13)23-17-10-6-4-8-14(17)11-20-18(21)15(19)12-22-2/h3-10,15H,11-12,19H2,1-2H3,(H,20,21). The lowest BCUT2D eigenvalue weighted by Crippen LogP contribution is -2.43. The topological polar surface area (TPSA) is 73.6 Å². The number of aryl methyl sites for hydroxylation is 1. The van der Waals surface area contributed by atoms with Crippen LogP contribution in [0.25, 0.3) is 0 Å². The summed E-state index contributed by atoms with van der Waals surface area (Å²) in [6, 6.07) is 14.7. The molecule has 0 aliphatic rings. The van der Waals surface area contributed by atoms with Gasteiger partial charge in [0.25, 0.3) is 0 Å². The van der Waals surface area contributed by atoms with Crippen molar-refractivity contribution in [2.45, 2.75) is 19.5 Å². The fraction of sp³-hybridized carbons (Fsp3) is 0.278. The first-order valence-corrected chi connectivity index (χ1v) is 7.45. The molecule has 5 heteroatoms. The first kappa shape index (κ1) is 17.0. The normalized spacial score (nSPS) is 11.8. The van der Waals surface area contributed by atoms with E-state index in [0.29, 0.717) is 12.3 Å². The van der Waals surface area contributed by atoms with E-state index in [1.807, 2.05) is 55.5 Å². The Morgan fingerprint density at radius 1 is 1.13 bits per heavy atom. The number of nitrogens with two attached hydrogens (primary N) is 1. The highest BCUT2D eigenvalue weighted by atomic mass is 16.5. The Balaban J connectivity index is 2.06. The third-order valence-electron chi connectivity index (χ3n) is 3.42. The van der Waals surface area contributed by atoms with Crippen molar-refractivity contribution in [1.82, 2.24) is 5.32 Å². The minimum absolute atomic E-state index is 0.188. The van der Waals surface area contributed by atoms with Crippen LogP contribution in [0.5, 0.6) is 11.5 Å². The first-order valence-electron chi connectivity index (χ1n) is 7.45. The molecule has 1 atom stereocenters. The van der Waals surface area contributed by atoms with Gasteiger partial charge in [-0.3, -0.25) is 4.79 Å². The molecular formula is C18H22N2O3. The Bertz CT molecular complexity index is 658. The van der Waals surface area contributed by atoms with Crippen molar-refractivity contribution in [3.63, 3.8) is 0 Å². The number of hydrogen-bond acceptors (Lipinski definition) is 4. The number of nitrogens with one attached hydrogen (secondary N) is 1. The van der Waals surface area contributed by atoms with Crippen LogP contribution in [0, 0.1) is 6.92 Å². The lowest BCUT2D eigenvalue weighted by atomic mass is 10.2. The van der Waals surface area contributed by atoms with E-state index in [1.165, 1.54) is 7.11 Å². The van der Waals surface area contributed by atoms with Crippen molar-refractivity contribution in [3.8, 4) is 11.5 Å². The van der Waals surface area contributed by atoms with Gasteiger partial charge < -0.3 is 20.5 Å². The fourth-order valence-corrected chi connectivity index (χ4v) is 2.11. The zero-order valence-corrected chi connectivity index (χ0v) is 13.4. The van der Waals surface area contributed by atoms with Crippen LogP contribution in [0.2, 0.25) is 0 Å². The molecule has 3 N–H and O–H groups in total. The maximum Gasteiger partial charge on any atom is 0.239 e. The minimum atomic E-state index is -0.676. The number of hydrogen-bond donors (Lipinski definition) is 2. The molecule has 0 aromatic heterocycles. The summed E-state index contributed by atoms with van der Waals surface area (Å²) in [5.41, 5.74) is 7.64. The summed E-state index contributed by atoms with van der Waals surface area (Å²) >= 11 is 0. The minimum Gasteiger partial charge on any atom is -0.457 e. The summed E-state index contributed by atoms with van der Waals surface area (Å²) in [4.78, 5) is 11.9. The molecule has 2 rings (SSSR count). The smallest absolute Gasteiger partial charge is 0.239 e. The lowest BCUT2D eigenvalue weighted by molar-refractivity contribution is -0.123. The third kappa shape index (κ3) is 4.81. The van der Waals surface area contributed by atoms with E-state index in [4.69, 9.17) is 15.2 Å². The molecule has 0 bridgehead atoms. The predicted molar refractivity (Wildman–Crippen MR) is 89.4 cm³/mol. The van der Waals surface area contributed by atoms with Crippen LogP contribution < -0.4 is 15.8 Å². The third-order valence-corrected chi connectivity index (χ3v) is 3.42. The van der Waals surface area contributed by atoms with Gasteiger partial charge in [0.05, 0.1) is 6.61 Å². The number of ether oxygens (including phenoxy) is 2. The van der Waals surface area contributed by atoms with Crippen molar-refractivity contribution < 1.29 is 14.3 Å². The number of methoxy groups -OCH3 is 1. The second-order valence-corrected chi connectivity index (χ2v) is 5.25. The average molecular weight is 314 g/mol. The summed E-state index contributed by atoms with van der Waals surface area (Å²) in [5, 5.41) is 2.80. The van der Waals surface area contributed by atoms with Crippen molar-refractivity contribution in [2.24, 2.45) is 5.73 Å². The van der Waals surface area contributed by atoms with E-state index >= 15 is 0 Å². The SMILES string of the molecule is COCC(N)C(=O)NCc1ccccc1Oc1ccccc1C. The van der Waals surface area contributed by atoms with Gasteiger partial charge in [-0.1, -0.05) is 36.4 Å². The van der Waals surface area contributed by atoms with Gasteiger partial charge >= 0.3 is 0 Å². The molecule has 2 aromatic rings. The Kier molecular flexibility index (Phi) is 6.14. The average Bonchev–Trinajstić information content (AvgIpc) is 2.56. The van der Waals surface area contributed by atoms with E-state index in [9.17, 15) is 4.79 Å². The highest BCUT2D eigenvalue weighted by molar-refractivity contribution is 5.81. The van der Waals surface area contributed by atoms with Crippen molar-refractivity contribution in [2.75, 3.05) is 13.7 Å². The molecule has 2 aromatic carbocycles. The molecule has 0 radical (unpaired) electrons. The van der Waals surface area contributed by atoms with E-state index < -0.39 is 6.04 Å². The van der Waals surface area contributed by atoms with E-state index in [-0.39, 0.29) is 12.5 Å². The van der Waals surface area contributed by atoms with Gasteiger partial charge in [0.1, 0.15) is 17.5 Å². The van der Waals surface area contributed by atoms with Crippen LogP contribution in [0.15, 0.2) is 48.5 Å². The largest absolute Gasteiger partial charge is 0.457 e. The van der Waals surface area contributed by atoms with Crippen molar-refractivity contribution >= 4 is 5.91 Å². The van der Waals surface area contributed by atoms with Crippen LogP contribution in [-0.4, -0.2) is 25.7 Å². The zero-order valence-electron chi connectivity index (χ0n) is 13.4. The van der Waals surface area contributed by atoms with Crippen molar-refractivity contribution in [3.05, 3.63) is 59.7 Å². The Hall–Kier alpha value is -2.37. The summed E-state index contributed by atoms with van der Waals surface area (Å²) in [5.74, 6) is 1.25. The Morgan fingerprint density at radius 2 is 1.78 bits per heavy atom. The molecule has 23 heavy (non-hydrogen) atoms. The van der Waals surface area contributed by atoms with Gasteiger partial charge in [-0.25, -0.2) is 0 Å².